The number of amidine groups is 1. The minimum atomic E-state index is -0.617. The number of aliphatic imine (C=N–C) groups is 1. The molecule has 2 amide bonds. The largest absolute Gasteiger partial charge is 0.341 e. The fourth-order valence-corrected chi connectivity index (χ4v) is 3.30. The average Bonchev–Trinajstić information content (AvgIpc) is 2.66. The highest BCUT2D eigenvalue weighted by molar-refractivity contribution is 6.08. The smallest absolute Gasteiger partial charge is 0.245 e. The first kappa shape index (κ1) is 19.6. The number of nitriles is 1. The van der Waals surface area contributed by atoms with Crippen molar-refractivity contribution in [2.75, 3.05) is 6.54 Å². The Kier molecular flexibility index (Phi) is 7.81. The Labute approximate surface area is 154 Å². The van der Waals surface area contributed by atoms with E-state index in [4.69, 9.17) is 5.26 Å². The number of hydrogen-bond donors (Lipinski definition) is 2. The predicted molar refractivity (Wildman–Crippen MR) is 100 cm³/mol. The van der Waals surface area contributed by atoms with E-state index in [1.54, 1.807) is 0 Å². The van der Waals surface area contributed by atoms with Crippen molar-refractivity contribution in [3.8, 4) is 6.07 Å². The molecule has 0 spiro atoms. The summed E-state index contributed by atoms with van der Waals surface area (Å²) in [7, 11) is 0. The van der Waals surface area contributed by atoms with E-state index in [0.29, 0.717) is 18.2 Å². The molecule has 1 fully saturated rings. The maximum absolute atomic E-state index is 12.5. The van der Waals surface area contributed by atoms with Crippen LogP contribution in [0.15, 0.2) is 35.3 Å². The summed E-state index contributed by atoms with van der Waals surface area (Å²) in [6.45, 7) is 1.38. The number of hydrogen-bond acceptors (Lipinski definition) is 4. The van der Waals surface area contributed by atoms with Gasteiger partial charge in [0.25, 0.3) is 0 Å². The Morgan fingerprint density at radius 2 is 1.92 bits per heavy atom. The lowest BCUT2D eigenvalue weighted by molar-refractivity contribution is -0.122. The van der Waals surface area contributed by atoms with Gasteiger partial charge in [-0.15, -0.1) is 0 Å². The van der Waals surface area contributed by atoms with Crippen LogP contribution in [0.5, 0.6) is 0 Å². The lowest BCUT2D eigenvalue weighted by Gasteiger charge is -2.24. The number of rotatable bonds is 6. The van der Waals surface area contributed by atoms with Crippen molar-refractivity contribution in [2.24, 2.45) is 10.9 Å². The molecular weight excluding hydrogens is 328 g/mol. The molecule has 6 nitrogen and oxygen atoms in total. The first-order chi connectivity index (χ1) is 12.6. The Bertz CT molecular complexity index is 673. The summed E-state index contributed by atoms with van der Waals surface area (Å²) in [4.78, 5) is 28.7. The van der Waals surface area contributed by atoms with Crippen LogP contribution in [0.1, 0.15) is 51.0 Å². The fraction of sp³-hybridized carbons (Fsp3) is 0.500. The molecule has 1 aliphatic carbocycles. The van der Waals surface area contributed by atoms with Gasteiger partial charge in [-0.1, -0.05) is 62.4 Å². The summed E-state index contributed by atoms with van der Waals surface area (Å²) in [6.07, 6.45) is 6.42. The third kappa shape index (κ3) is 6.32. The van der Waals surface area contributed by atoms with Crippen LogP contribution < -0.4 is 10.6 Å². The summed E-state index contributed by atoms with van der Waals surface area (Å²) >= 11 is 0. The highest BCUT2D eigenvalue weighted by atomic mass is 16.2. The van der Waals surface area contributed by atoms with Crippen LogP contribution in [-0.4, -0.2) is 30.2 Å². The molecule has 0 saturated heterocycles. The van der Waals surface area contributed by atoms with Crippen LogP contribution >= 0.6 is 0 Å². The number of nitrogens with zero attached hydrogens (tertiary/aromatic N) is 2. The highest BCUT2D eigenvalue weighted by Crippen LogP contribution is 2.28. The second-order valence-corrected chi connectivity index (χ2v) is 6.66. The molecule has 6 heteroatoms. The summed E-state index contributed by atoms with van der Waals surface area (Å²) in [5.74, 6) is 0.336. The molecule has 2 N–H and O–H groups in total. The zero-order valence-electron chi connectivity index (χ0n) is 15.2. The number of benzene rings is 1. The van der Waals surface area contributed by atoms with E-state index in [2.05, 4.69) is 15.6 Å². The summed E-state index contributed by atoms with van der Waals surface area (Å²) in [6, 6.07) is 10.6. The van der Waals surface area contributed by atoms with Gasteiger partial charge in [0.2, 0.25) is 11.8 Å². The van der Waals surface area contributed by atoms with E-state index in [0.717, 1.165) is 18.4 Å². The van der Waals surface area contributed by atoms with Crippen molar-refractivity contribution in [3.63, 3.8) is 0 Å². The van der Waals surface area contributed by atoms with Gasteiger partial charge >= 0.3 is 0 Å². The summed E-state index contributed by atoms with van der Waals surface area (Å²) in [5, 5.41) is 14.1. The Morgan fingerprint density at radius 1 is 1.23 bits per heavy atom. The lowest BCUT2D eigenvalue weighted by atomic mass is 9.84. The van der Waals surface area contributed by atoms with E-state index in [9.17, 15) is 9.59 Å². The zero-order chi connectivity index (χ0) is 18.8. The van der Waals surface area contributed by atoms with Crippen molar-refractivity contribution >= 4 is 17.6 Å². The van der Waals surface area contributed by atoms with Gasteiger partial charge < -0.3 is 10.6 Å². The summed E-state index contributed by atoms with van der Waals surface area (Å²) in [5.41, 5.74) is 0.754. The molecule has 1 saturated carbocycles. The predicted octanol–water partition coefficient (Wildman–Crippen LogP) is 2.55. The van der Waals surface area contributed by atoms with E-state index in [1.807, 2.05) is 36.4 Å². The van der Waals surface area contributed by atoms with Crippen molar-refractivity contribution in [1.82, 2.24) is 10.6 Å². The molecule has 0 unspecified atom stereocenters. The van der Waals surface area contributed by atoms with Gasteiger partial charge in [-0.25, -0.2) is 0 Å². The van der Waals surface area contributed by atoms with Crippen LogP contribution in [0.2, 0.25) is 0 Å². The molecule has 0 heterocycles. The third-order valence-electron chi connectivity index (χ3n) is 4.55. The standard InChI is InChI=1S/C20H26N4O2/c1-15(25)23-19(17-10-6-3-7-11-17)24-18(20(26)22-13-12-21)14-16-8-4-2-5-9-16/h3,6-7,10-11,16,18H,2,4-5,8-9,13-14H2,1H3,(H,22,26)(H,23,24,25)/t18-/m0/s1. The topological polar surface area (TPSA) is 94.3 Å². The van der Waals surface area contributed by atoms with Crippen molar-refractivity contribution < 1.29 is 9.59 Å². The van der Waals surface area contributed by atoms with Crippen LogP contribution in [0, 0.1) is 17.2 Å². The minimum Gasteiger partial charge on any atom is -0.341 e. The monoisotopic (exact) mass is 354 g/mol. The molecular formula is C20H26N4O2. The molecule has 26 heavy (non-hydrogen) atoms. The Morgan fingerprint density at radius 3 is 2.54 bits per heavy atom. The molecule has 0 radical (unpaired) electrons. The molecule has 0 aliphatic heterocycles. The SMILES string of the molecule is CC(=O)NC(=N[C@@H](CC1CCCCC1)C(=O)NCC#N)c1ccccc1. The molecule has 2 rings (SSSR count). The first-order valence-corrected chi connectivity index (χ1v) is 9.15. The third-order valence-corrected chi connectivity index (χ3v) is 4.55. The number of amides is 2. The van der Waals surface area contributed by atoms with E-state index >= 15 is 0 Å². The maximum atomic E-state index is 12.5. The molecule has 1 aromatic carbocycles. The van der Waals surface area contributed by atoms with Gasteiger partial charge in [-0.3, -0.25) is 14.6 Å². The fourth-order valence-electron chi connectivity index (χ4n) is 3.30. The molecule has 1 aliphatic rings. The average molecular weight is 354 g/mol. The van der Waals surface area contributed by atoms with Crippen LogP contribution in [-0.2, 0) is 9.59 Å². The van der Waals surface area contributed by atoms with Crippen LogP contribution in [0.25, 0.3) is 0 Å². The number of nitrogens with one attached hydrogen (secondary N) is 2. The van der Waals surface area contributed by atoms with Crippen molar-refractivity contribution in [2.45, 2.75) is 51.5 Å². The quantitative estimate of drug-likeness (QED) is 0.467. The van der Waals surface area contributed by atoms with E-state index < -0.39 is 6.04 Å². The normalized spacial score (nSPS) is 16.4. The second-order valence-electron chi connectivity index (χ2n) is 6.66. The van der Waals surface area contributed by atoms with Crippen LogP contribution in [0.4, 0.5) is 0 Å². The minimum absolute atomic E-state index is 0.0453. The number of carbonyl (C=O) groups excluding carboxylic acids is 2. The molecule has 138 valence electrons. The van der Waals surface area contributed by atoms with Crippen LogP contribution in [0.3, 0.4) is 0 Å². The lowest BCUT2D eigenvalue weighted by Crippen LogP contribution is -2.38. The Balaban J connectivity index is 2.26. The summed E-state index contributed by atoms with van der Waals surface area (Å²) < 4.78 is 0. The van der Waals surface area contributed by atoms with Gasteiger partial charge in [0.1, 0.15) is 18.4 Å². The molecule has 0 aromatic heterocycles. The Hall–Kier alpha value is -2.68. The van der Waals surface area contributed by atoms with Gasteiger partial charge in [0.05, 0.1) is 6.07 Å². The molecule has 1 aromatic rings. The van der Waals surface area contributed by atoms with E-state index in [-0.39, 0.29) is 18.4 Å². The van der Waals surface area contributed by atoms with Crippen molar-refractivity contribution in [3.05, 3.63) is 35.9 Å². The maximum Gasteiger partial charge on any atom is 0.245 e. The highest BCUT2D eigenvalue weighted by Gasteiger charge is 2.25. The van der Waals surface area contributed by atoms with Gasteiger partial charge in [0, 0.05) is 12.5 Å². The number of carbonyl (C=O) groups is 2. The molecule has 0 bridgehead atoms. The second kappa shape index (κ2) is 10.3. The zero-order valence-corrected chi connectivity index (χ0v) is 15.2. The van der Waals surface area contributed by atoms with E-state index in [1.165, 1.54) is 26.2 Å². The van der Waals surface area contributed by atoms with Gasteiger partial charge in [0.15, 0.2) is 0 Å². The first-order valence-electron chi connectivity index (χ1n) is 9.15. The van der Waals surface area contributed by atoms with Crippen molar-refractivity contribution in [1.29, 1.82) is 5.26 Å². The van der Waals surface area contributed by atoms with Gasteiger partial charge in [-0.2, -0.15) is 5.26 Å². The van der Waals surface area contributed by atoms with Gasteiger partial charge in [-0.05, 0) is 12.3 Å². The molecule has 1 atom stereocenters.